The maximum atomic E-state index is 12.6. The van der Waals surface area contributed by atoms with Crippen molar-refractivity contribution in [3.05, 3.63) is 64.1 Å². The quantitative estimate of drug-likeness (QED) is 0.392. The van der Waals surface area contributed by atoms with Gasteiger partial charge in [0.1, 0.15) is 17.5 Å². The average Bonchev–Trinajstić information content (AvgIpc) is 3.21. The Balaban J connectivity index is 1.46. The van der Waals surface area contributed by atoms with E-state index in [0.717, 1.165) is 16.5 Å². The minimum atomic E-state index is -0.464. The van der Waals surface area contributed by atoms with Crippen LogP contribution < -0.4 is 20.4 Å². The number of benzene rings is 2. The van der Waals surface area contributed by atoms with Crippen LogP contribution in [-0.4, -0.2) is 35.4 Å². The SMILES string of the molecule is CCOc1ccc(CCNC(=O)Cn2ncc3c(=O)oc4ccc(C)cc4c32)cc1OCC. The maximum absolute atomic E-state index is 12.6. The molecule has 0 aliphatic heterocycles. The van der Waals surface area contributed by atoms with Gasteiger partial charge in [0, 0.05) is 11.9 Å². The highest BCUT2D eigenvalue weighted by Crippen LogP contribution is 2.28. The summed E-state index contributed by atoms with van der Waals surface area (Å²) in [6, 6.07) is 11.4. The van der Waals surface area contributed by atoms with Crippen LogP contribution in [0.5, 0.6) is 11.5 Å². The number of aryl methyl sites for hydroxylation is 1. The van der Waals surface area contributed by atoms with E-state index in [2.05, 4.69) is 10.4 Å². The van der Waals surface area contributed by atoms with Crippen LogP contribution in [0.4, 0.5) is 0 Å². The van der Waals surface area contributed by atoms with Crippen molar-refractivity contribution in [2.45, 2.75) is 33.7 Å². The molecule has 2 aromatic carbocycles. The van der Waals surface area contributed by atoms with Crippen LogP contribution in [0, 0.1) is 6.92 Å². The lowest BCUT2D eigenvalue weighted by Crippen LogP contribution is -2.29. The first-order valence-corrected chi connectivity index (χ1v) is 11.0. The third-order valence-electron chi connectivity index (χ3n) is 5.29. The molecule has 4 rings (SSSR count). The summed E-state index contributed by atoms with van der Waals surface area (Å²) >= 11 is 0. The normalized spacial score (nSPS) is 11.1. The molecule has 1 N–H and O–H groups in total. The van der Waals surface area contributed by atoms with Gasteiger partial charge >= 0.3 is 5.63 Å². The van der Waals surface area contributed by atoms with Crippen molar-refractivity contribution in [1.82, 2.24) is 15.1 Å². The molecule has 0 unspecified atom stereocenters. The molecule has 2 heterocycles. The van der Waals surface area contributed by atoms with E-state index in [1.54, 1.807) is 10.7 Å². The minimum Gasteiger partial charge on any atom is -0.490 e. The maximum Gasteiger partial charge on any atom is 0.347 e. The Morgan fingerprint density at radius 2 is 1.85 bits per heavy atom. The molecule has 1 amide bonds. The smallest absolute Gasteiger partial charge is 0.347 e. The molecule has 0 aliphatic carbocycles. The summed E-state index contributed by atoms with van der Waals surface area (Å²) in [7, 11) is 0. The lowest BCUT2D eigenvalue weighted by atomic mass is 10.1. The molecule has 0 saturated carbocycles. The number of nitrogens with zero attached hydrogens (tertiary/aromatic N) is 2. The molecule has 0 fully saturated rings. The second-order valence-corrected chi connectivity index (χ2v) is 7.70. The molecule has 8 heteroatoms. The third-order valence-corrected chi connectivity index (χ3v) is 5.29. The number of fused-ring (bicyclic) bond motifs is 3. The minimum absolute atomic E-state index is 0.00344. The Labute approximate surface area is 191 Å². The highest BCUT2D eigenvalue weighted by molar-refractivity contribution is 6.02. The molecule has 33 heavy (non-hydrogen) atoms. The van der Waals surface area contributed by atoms with Crippen molar-refractivity contribution in [1.29, 1.82) is 0 Å². The molecule has 2 aromatic heterocycles. The lowest BCUT2D eigenvalue weighted by Gasteiger charge is -2.13. The van der Waals surface area contributed by atoms with Crippen molar-refractivity contribution in [2.75, 3.05) is 19.8 Å². The van der Waals surface area contributed by atoms with E-state index >= 15 is 0 Å². The summed E-state index contributed by atoms with van der Waals surface area (Å²) in [4.78, 5) is 24.9. The van der Waals surface area contributed by atoms with Crippen molar-refractivity contribution in [3.8, 4) is 11.5 Å². The van der Waals surface area contributed by atoms with Crippen LogP contribution in [0.15, 0.2) is 51.8 Å². The average molecular weight is 450 g/mol. The largest absolute Gasteiger partial charge is 0.490 e. The van der Waals surface area contributed by atoms with Crippen molar-refractivity contribution in [3.63, 3.8) is 0 Å². The van der Waals surface area contributed by atoms with Gasteiger partial charge < -0.3 is 19.2 Å². The first kappa shape index (κ1) is 22.4. The molecule has 8 nitrogen and oxygen atoms in total. The van der Waals surface area contributed by atoms with Crippen LogP contribution in [0.3, 0.4) is 0 Å². The van der Waals surface area contributed by atoms with Gasteiger partial charge in [0.05, 0.1) is 24.9 Å². The van der Waals surface area contributed by atoms with Crippen LogP contribution in [-0.2, 0) is 17.8 Å². The lowest BCUT2D eigenvalue weighted by molar-refractivity contribution is -0.121. The number of carbonyl (C=O) groups excluding carboxylic acids is 1. The number of carbonyl (C=O) groups is 1. The van der Waals surface area contributed by atoms with Gasteiger partial charge in [-0.25, -0.2) is 4.79 Å². The second-order valence-electron chi connectivity index (χ2n) is 7.70. The molecule has 0 spiro atoms. The zero-order valence-corrected chi connectivity index (χ0v) is 19.0. The van der Waals surface area contributed by atoms with Crippen LogP contribution in [0.2, 0.25) is 0 Å². The first-order valence-electron chi connectivity index (χ1n) is 11.0. The monoisotopic (exact) mass is 449 g/mol. The van der Waals surface area contributed by atoms with Gasteiger partial charge in [-0.3, -0.25) is 9.48 Å². The van der Waals surface area contributed by atoms with Gasteiger partial charge in [-0.05, 0) is 57.0 Å². The number of nitrogens with one attached hydrogen (secondary N) is 1. The summed E-state index contributed by atoms with van der Waals surface area (Å²) < 4.78 is 18.2. The van der Waals surface area contributed by atoms with E-state index in [1.165, 1.54) is 6.20 Å². The predicted molar refractivity (Wildman–Crippen MR) is 126 cm³/mol. The topological polar surface area (TPSA) is 95.6 Å². The molecular weight excluding hydrogens is 422 g/mol. The Morgan fingerprint density at radius 3 is 2.64 bits per heavy atom. The van der Waals surface area contributed by atoms with Gasteiger partial charge in [-0.1, -0.05) is 17.7 Å². The predicted octanol–water partition coefficient (Wildman–Crippen LogP) is 3.61. The Morgan fingerprint density at radius 1 is 1.06 bits per heavy atom. The number of hydrogen-bond donors (Lipinski definition) is 1. The van der Waals surface area contributed by atoms with E-state index in [-0.39, 0.29) is 12.5 Å². The molecule has 172 valence electrons. The van der Waals surface area contributed by atoms with Gasteiger partial charge in [0.2, 0.25) is 5.91 Å². The Bertz CT molecular complexity index is 1360. The van der Waals surface area contributed by atoms with Gasteiger partial charge in [0.15, 0.2) is 11.5 Å². The van der Waals surface area contributed by atoms with Gasteiger partial charge in [0.25, 0.3) is 0 Å². The molecule has 4 aromatic rings. The second kappa shape index (κ2) is 9.77. The van der Waals surface area contributed by atoms with Crippen LogP contribution in [0.25, 0.3) is 21.9 Å². The van der Waals surface area contributed by atoms with Crippen molar-refractivity contribution < 1.29 is 18.7 Å². The number of amides is 1. The third kappa shape index (κ3) is 4.84. The zero-order chi connectivity index (χ0) is 23.4. The van der Waals surface area contributed by atoms with Crippen LogP contribution >= 0.6 is 0 Å². The van der Waals surface area contributed by atoms with E-state index in [9.17, 15) is 9.59 Å². The van der Waals surface area contributed by atoms with Crippen molar-refractivity contribution >= 4 is 27.8 Å². The van der Waals surface area contributed by atoms with E-state index in [4.69, 9.17) is 13.9 Å². The summed E-state index contributed by atoms with van der Waals surface area (Å²) in [5.74, 6) is 1.22. The van der Waals surface area contributed by atoms with E-state index in [0.29, 0.717) is 54.2 Å². The molecular formula is C25H27N3O5. The van der Waals surface area contributed by atoms with Crippen LogP contribution in [0.1, 0.15) is 25.0 Å². The summed E-state index contributed by atoms with van der Waals surface area (Å²) in [6.07, 6.45) is 2.09. The fraction of sp³-hybridized carbons (Fsp3) is 0.320. The highest BCUT2D eigenvalue weighted by atomic mass is 16.5. The standard InChI is InChI=1S/C25H27N3O5/c1-4-31-21-9-7-17(13-22(21)32-5-2)10-11-26-23(29)15-28-24-18-12-16(3)6-8-20(18)33-25(30)19(24)14-27-28/h6-9,12-14H,4-5,10-11,15H2,1-3H3,(H,26,29). The van der Waals surface area contributed by atoms with E-state index in [1.807, 2.05) is 51.1 Å². The highest BCUT2D eigenvalue weighted by Gasteiger charge is 2.15. The fourth-order valence-electron chi connectivity index (χ4n) is 3.80. The molecule has 0 aliphatic rings. The Hall–Kier alpha value is -3.81. The zero-order valence-electron chi connectivity index (χ0n) is 19.0. The molecule has 0 atom stereocenters. The van der Waals surface area contributed by atoms with Crippen molar-refractivity contribution in [2.24, 2.45) is 0 Å². The summed E-state index contributed by atoms with van der Waals surface area (Å²) in [6.45, 7) is 7.39. The fourth-order valence-corrected chi connectivity index (χ4v) is 3.80. The van der Waals surface area contributed by atoms with E-state index < -0.39 is 5.63 Å². The molecule has 0 saturated heterocycles. The van der Waals surface area contributed by atoms with Gasteiger partial charge in [-0.2, -0.15) is 5.10 Å². The number of ether oxygens (including phenoxy) is 2. The van der Waals surface area contributed by atoms with Gasteiger partial charge in [-0.15, -0.1) is 0 Å². The summed E-state index contributed by atoms with van der Waals surface area (Å²) in [5, 5.41) is 8.31. The number of hydrogen-bond acceptors (Lipinski definition) is 6. The Kier molecular flexibility index (Phi) is 6.63. The number of aromatic nitrogens is 2. The summed E-state index contributed by atoms with van der Waals surface area (Å²) in [5.41, 5.74) is 2.67. The molecule has 0 radical (unpaired) electrons. The number of rotatable bonds is 9. The first-order chi connectivity index (χ1) is 16.0. The molecule has 0 bridgehead atoms.